The molecule has 2 saturated carbocycles. The van der Waals surface area contributed by atoms with Gasteiger partial charge in [0.05, 0.1) is 0 Å². The molecule has 5 atom stereocenters. The molecule has 3 rings (SSSR count). The molecule has 0 radical (unpaired) electrons. The van der Waals surface area contributed by atoms with E-state index in [0.29, 0.717) is 23.0 Å². The van der Waals surface area contributed by atoms with E-state index < -0.39 is 0 Å². The van der Waals surface area contributed by atoms with Gasteiger partial charge in [0, 0.05) is 5.92 Å². The van der Waals surface area contributed by atoms with Crippen molar-refractivity contribution in [2.75, 3.05) is 0 Å². The van der Waals surface area contributed by atoms with Crippen molar-refractivity contribution in [1.82, 2.24) is 0 Å². The van der Waals surface area contributed by atoms with E-state index in [2.05, 4.69) is 19.1 Å². The molecule has 2 fully saturated rings. The van der Waals surface area contributed by atoms with Crippen LogP contribution in [0, 0.1) is 29.1 Å². The summed E-state index contributed by atoms with van der Waals surface area (Å²) in [6.07, 6.45) is 9.69. The van der Waals surface area contributed by atoms with Crippen LogP contribution in [0.4, 0.5) is 0 Å². The lowest BCUT2D eigenvalue weighted by molar-refractivity contribution is -0.125. The van der Waals surface area contributed by atoms with Gasteiger partial charge >= 0.3 is 0 Å². The van der Waals surface area contributed by atoms with Crippen molar-refractivity contribution in [3.8, 4) is 0 Å². The average molecular weight is 204 g/mol. The molecule has 15 heavy (non-hydrogen) atoms. The van der Waals surface area contributed by atoms with E-state index >= 15 is 0 Å². The lowest BCUT2D eigenvalue weighted by atomic mass is 9.59. The van der Waals surface area contributed by atoms with Gasteiger partial charge in [-0.2, -0.15) is 0 Å². The van der Waals surface area contributed by atoms with Crippen molar-refractivity contribution in [1.29, 1.82) is 0 Å². The van der Waals surface area contributed by atoms with Crippen LogP contribution < -0.4 is 0 Å². The fourth-order valence-electron chi connectivity index (χ4n) is 4.74. The second-order valence-corrected chi connectivity index (χ2v) is 6.08. The molecule has 3 aliphatic carbocycles. The van der Waals surface area contributed by atoms with Crippen molar-refractivity contribution >= 4 is 5.78 Å². The highest BCUT2D eigenvalue weighted by Gasteiger charge is 2.59. The van der Waals surface area contributed by atoms with Gasteiger partial charge in [-0.15, -0.1) is 0 Å². The van der Waals surface area contributed by atoms with E-state index in [1.165, 1.54) is 25.7 Å². The largest absolute Gasteiger partial charge is 0.300 e. The average Bonchev–Trinajstić information content (AvgIpc) is 2.73. The summed E-state index contributed by atoms with van der Waals surface area (Å²) in [6.45, 7) is 4.23. The number of Topliss-reactive ketones (excluding diaryl/α,β-unsaturated/α-hetero) is 1. The van der Waals surface area contributed by atoms with Crippen LogP contribution in [0.2, 0.25) is 0 Å². The standard InChI is InChI=1S/C14H20O/c1-9(15)11-7-10-8-13(11)14(2)6-4-3-5-12(10)14/h3-4,10-13H,5-8H2,1-2H3. The van der Waals surface area contributed by atoms with Crippen molar-refractivity contribution in [2.24, 2.45) is 29.1 Å². The molecule has 1 heteroatoms. The second-order valence-electron chi connectivity index (χ2n) is 6.08. The Bertz CT molecular complexity index is 330. The highest BCUT2D eigenvalue weighted by molar-refractivity contribution is 5.79. The molecular weight excluding hydrogens is 184 g/mol. The first-order valence-corrected chi connectivity index (χ1v) is 6.28. The van der Waals surface area contributed by atoms with E-state index in [9.17, 15) is 4.79 Å². The predicted octanol–water partition coefficient (Wildman–Crippen LogP) is 3.20. The van der Waals surface area contributed by atoms with Crippen LogP contribution in [0.5, 0.6) is 0 Å². The summed E-state index contributed by atoms with van der Waals surface area (Å²) in [5, 5.41) is 0. The molecule has 0 aromatic heterocycles. The normalized spacial score (nSPS) is 51.9. The molecule has 0 N–H and O–H groups in total. The molecule has 0 aromatic carbocycles. The molecule has 5 unspecified atom stereocenters. The highest BCUT2D eigenvalue weighted by atomic mass is 16.1. The Kier molecular flexibility index (Phi) is 1.90. The number of carbonyl (C=O) groups excluding carboxylic acids is 1. The summed E-state index contributed by atoms with van der Waals surface area (Å²) in [5.74, 6) is 3.25. The third kappa shape index (κ3) is 1.12. The Balaban J connectivity index is 1.95. The third-order valence-electron chi connectivity index (χ3n) is 5.50. The van der Waals surface area contributed by atoms with Crippen molar-refractivity contribution in [3.63, 3.8) is 0 Å². The minimum Gasteiger partial charge on any atom is -0.300 e. The molecule has 0 aromatic rings. The zero-order chi connectivity index (χ0) is 10.6. The van der Waals surface area contributed by atoms with Crippen LogP contribution >= 0.6 is 0 Å². The van der Waals surface area contributed by atoms with E-state index in [-0.39, 0.29) is 0 Å². The number of fused-ring (bicyclic) bond motifs is 5. The maximum Gasteiger partial charge on any atom is 0.133 e. The second kappa shape index (κ2) is 2.96. The first-order valence-electron chi connectivity index (χ1n) is 6.28. The van der Waals surface area contributed by atoms with Gasteiger partial charge in [0.2, 0.25) is 0 Å². The number of hydrogen-bond donors (Lipinski definition) is 0. The summed E-state index contributed by atoms with van der Waals surface area (Å²) >= 11 is 0. The van der Waals surface area contributed by atoms with E-state index in [0.717, 1.165) is 11.8 Å². The first kappa shape index (κ1) is 9.62. The van der Waals surface area contributed by atoms with E-state index in [1.807, 2.05) is 0 Å². The Labute approximate surface area is 91.9 Å². The summed E-state index contributed by atoms with van der Waals surface area (Å²) in [5.41, 5.74) is 0.452. The van der Waals surface area contributed by atoms with Crippen LogP contribution in [0.15, 0.2) is 12.2 Å². The molecular formula is C14H20O. The smallest absolute Gasteiger partial charge is 0.133 e. The Hall–Kier alpha value is -0.590. The molecule has 0 spiro atoms. The van der Waals surface area contributed by atoms with Gasteiger partial charge in [-0.3, -0.25) is 4.79 Å². The zero-order valence-electron chi connectivity index (χ0n) is 9.70. The summed E-state index contributed by atoms with van der Waals surface area (Å²) in [4.78, 5) is 11.6. The van der Waals surface area contributed by atoms with Gasteiger partial charge in [-0.25, -0.2) is 0 Å². The third-order valence-corrected chi connectivity index (χ3v) is 5.50. The van der Waals surface area contributed by atoms with Crippen LogP contribution in [-0.4, -0.2) is 5.78 Å². The van der Waals surface area contributed by atoms with Gasteiger partial charge in [-0.05, 0) is 55.8 Å². The molecule has 0 aliphatic heterocycles. The van der Waals surface area contributed by atoms with Crippen LogP contribution in [-0.2, 0) is 4.79 Å². The number of hydrogen-bond acceptors (Lipinski definition) is 1. The number of carbonyl (C=O) groups is 1. The zero-order valence-corrected chi connectivity index (χ0v) is 9.70. The molecule has 0 heterocycles. The SMILES string of the molecule is CC(=O)C1CC2CC1C1(C)CC=CCC21. The monoisotopic (exact) mass is 204 g/mol. The maximum atomic E-state index is 11.6. The fourth-order valence-corrected chi connectivity index (χ4v) is 4.74. The van der Waals surface area contributed by atoms with E-state index in [1.54, 1.807) is 6.92 Å². The van der Waals surface area contributed by atoms with E-state index in [4.69, 9.17) is 0 Å². The molecule has 3 aliphatic rings. The minimum atomic E-state index is 0.391. The van der Waals surface area contributed by atoms with Crippen molar-refractivity contribution in [2.45, 2.75) is 39.5 Å². The quantitative estimate of drug-likeness (QED) is 0.599. The van der Waals surface area contributed by atoms with Crippen molar-refractivity contribution < 1.29 is 4.79 Å². The minimum absolute atomic E-state index is 0.391. The number of ketones is 1. The van der Waals surface area contributed by atoms with Gasteiger partial charge < -0.3 is 0 Å². The predicted molar refractivity (Wildman–Crippen MR) is 60.4 cm³/mol. The van der Waals surface area contributed by atoms with Crippen molar-refractivity contribution in [3.05, 3.63) is 12.2 Å². The molecule has 2 bridgehead atoms. The van der Waals surface area contributed by atoms with Crippen LogP contribution in [0.3, 0.4) is 0 Å². The molecule has 1 nitrogen and oxygen atoms in total. The van der Waals surface area contributed by atoms with Gasteiger partial charge in [-0.1, -0.05) is 19.1 Å². The maximum absolute atomic E-state index is 11.6. The number of rotatable bonds is 1. The molecule has 0 amide bonds. The Morgan fingerprint density at radius 3 is 2.80 bits per heavy atom. The molecule has 0 saturated heterocycles. The summed E-state index contributed by atoms with van der Waals surface area (Å²) in [7, 11) is 0. The lowest BCUT2D eigenvalue weighted by Crippen LogP contribution is -2.40. The summed E-state index contributed by atoms with van der Waals surface area (Å²) in [6, 6.07) is 0. The van der Waals surface area contributed by atoms with Crippen LogP contribution in [0.25, 0.3) is 0 Å². The van der Waals surface area contributed by atoms with Gasteiger partial charge in [0.25, 0.3) is 0 Å². The Morgan fingerprint density at radius 1 is 1.27 bits per heavy atom. The first-order chi connectivity index (χ1) is 7.13. The fraction of sp³-hybridized carbons (Fsp3) is 0.786. The number of allylic oxidation sites excluding steroid dienone is 2. The summed E-state index contributed by atoms with van der Waals surface area (Å²) < 4.78 is 0. The highest BCUT2D eigenvalue weighted by Crippen LogP contribution is 2.65. The lowest BCUT2D eigenvalue weighted by Gasteiger charge is -2.45. The molecule has 82 valence electrons. The van der Waals surface area contributed by atoms with Gasteiger partial charge in [0.15, 0.2) is 0 Å². The van der Waals surface area contributed by atoms with Gasteiger partial charge in [0.1, 0.15) is 5.78 Å². The Morgan fingerprint density at radius 2 is 2.07 bits per heavy atom. The topological polar surface area (TPSA) is 17.1 Å². The van der Waals surface area contributed by atoms with Crippen LogP contribution in [0.1, 0.15) is 39.5 Å².